The number of pyridine rings is 1. The third kappa shape index (κ3) is 5.04. The molecule has 7 nitrogen and oxygen atoms in total. The molecule has 0 radical (unpaired) electrons. The van der Waals surface area contributed by atoms with Crippen molar-refractivity contribution in [2.24, 2.45) is 0 Å². The fourth-order valence-electron chi connectivity index (χ4n) is 5.34. The lowest BCUT2D eigenvalue weighted by molar-refractivity contribution is -0.137. The molecule has 1 aliphatic heterocycles. The van der Waals surface area contributed by atoms with E-state index in [1.54, 1.807) is 28.9 Å². The predicted molar refractivity (Wildman–Crippen MR) is 150 cm³/mol. The molecule has 5 aromatic rings. The van der Waals surface area contributed by atoms with Crippen LogP contribution < -0.4 is 10.6 Å². The van der Waals surface area contributed by atoms with Gasteiger partial charge in [-0.15, -0.1) is 0 Å². The maximum atomic E-state index is 14.3. The molecule has 1 atom stereocenters. The molecular formula is C31H19ClF5N5O2. The quantitative estimate of drug-likeness (QED) is 0.201. The van der Waals surface area contributed by atoms with Crippen molar-refractivity contribution in [3.63, 3.8) is 0 Å². The maximum absolute atomic E-state index is 14.3. The number of nitrogens with zero attached hydrogens (tertiary/aromatic N) is 3. The Bertz CT molecular complexity index is 2020. The van der Waals surface area contributed by atoms with E-state index in [1.165, 1.54) is 12.1 Å². The molecule has 1 aliphatic carbocycles. The summed E-state index contributed by atoms with van der Waals surface area (Å²) in [7, 11) is 0. The Kier molecular flexibility index (Phi) is 6.43. The second-order valence-corrected chi connectivity index (χ2v) is 11.1. The Morgan fingerprint density at radius 1 is 0.977 bits per heavy atom. The monoisotopic (exact) mass is 623 g/mol. The Morgan fingerprint density at radius 2 is 1.77 bits per heavy atom. The van der Waals surface area contributed by atoms with Crippen LogP contribution in [0.4, 0.5) is 27.6 Å². The van der Waals surface area contributed by atoms with E-state index < -0.39 is 46.8 Å². The number of hydrogen-bond acceptors (Lipinski definition) is 4. The van der Waals surface area contributed by atoms with Crippen LogP contribution in [0.2, 0.25) is 5.02 Å². The highest BCUT2D eigenvalue weighted by molar-refractivity contribution is 6.31. The van der Waals surface area contributed by atoms with Crippen molar-refractivity contribution in [2.45, 2.75) is 31.0 Å². The summed E-state index contributed by atoms with van der Waals surface area (Å²) in [6, 6.07) is 10.7. The molecule has 2 aromatic heterocycles. The minimum atomic E-state index is -4.90. The number of anilines is 1. The summed E-state index contributed by atoms with van der Waals surface area (Å²) in [5.41, 5.74) is 0.272. The zero-order valence-electron chi connectivity index (χ0n) is 22.3. The SMILES string of the molecule is O=C(Nc1cc(-c2ccn3nc(C4CC4)nc3c2)cc2c1C(c1cc(F)ccc1Cl)NC2=O)c1cc(F)cc(C(F)(F)F)c1. The van der Waals surface area contributed by atoms with Crippen molar-refractivity contribution in [2.75, 3.05) is 5.32 Å². The van der Waals surface area contributed by atoms with Gasteiger partial charge in [0.05, 0.1) is 11.6 Å². The highest BCUT2D eigenvalue weighted by atomic mass is 35.5. The fourth-order valence-corrected chi connectivity index (χ4v) is 5.57. The average Bonchev–Trinajstić information content (AvgIpc) is 3.65. The summed E-state index contributed by atoms with van der Waals surface area (Å²) in [6.45, 7) is 0. The van der Waals surface area contributed by atoms with E-state index in [9.17, 15) is 31.5 Å². The summed E-state index contributed by atoms with van der Waals surface area (Å²) in [4.78, 5) is 31.2. The molecule has 44 heavy (non-hydrogen) atoms. The van der Waals surface area contributed by atoms with Gasteiger partial charge < -0.3 is 10.6 Å². The van der Waals surface area contributed by atoms with Crippen molar-refractivity contribution < 1.29 is 31.5 Å². The largest absolute Gasteiger partial charge is 0.416 e. The molecule has 222 valence electrons. The zero-order valence-corrected chi connectivity index (χ0v) is 23.1. The normalized spacial score (nSPS) is 16.2. The second-order valence-electron chi connectivity index (χ2n) is 10.7. The minimum absolute atomic E-state index is 0.0315. The first kappa shape index (κ1) is 28.0. The lowest BCUT2D eigenvalue weighted by Crippen LogP contribution is -2.21. The molecule has 3 heterocycles. The van der Waals surface area contributed by atoms with Gasteiger partial charge in [-0.2, -0.15) is 18.3 Å². The standard InChI is InChI=1S/C31H19ClF5N5O2/c32-23-4-3-19(33)13-21(23)27-26-22(30(44)40-27)9-16(15-5-6-42-25(11-15)39-28(41-42)14-1-2-14)10-24(26)38-29(43)17-7-18(31(35,36)37)12-20(34)8-17/h3-14,27H,1-2H2,(H,38,43)(H,40,44). The molecule has 3 aromatic carbocycles. The number of hydrogen-bond donors (Lipinski definition) is 2. The summed E-state index contributed by atoms with van der Waals surface area (Å²) in [5.74, 6) is -2.44. The van der Waals surface area contributed by atoms with Gasteiger partial charge >= 0.3 is 6.18 Å². The van der Waals surface area contributed by atoms with E-state index in [4.69, 9.17) is 11.6 Å². The first-order valence-electron chi connectivity index (χ1n) is 13.4. The van der Waals surface area contributed by atoms with E-state index in [0.29, 0.717) is 34.8 Å². The van der Waals surface area contributed by atoms with Gasteiger partial charge in [-0.25, -0.2) is 18.3 Å². The lowest BCUT2D eigenvalue weighted by Gasteiger charge is -2.19. The zero-order chi connectivity index (χ0) is 30.9. The number of carbonyl (C=O) groups excluding carboxylic acids is 2. The van der Waals surface area contributed by atoms with Crippen LogP contribution >= 0.6 is 11.6 Å². The molecular weight excluding hydrogens is 605 g/mol. The summed E-state index contributed by atoms with van der Waals surface area (Å²) < 4.78 is 70.2. The summed E-state index contributed by atoms with van der Waals surface area (Å²) in [6.07, 6.45) is -1.17. The van der Waals surface area contributed by atoms with Crippen LogP contribution in [-0.4, -0.2) is 26.4 Å². The average molecular weight is 624 g/mol. The molecule has 2 aliphatic rings. The topological polar surface area (TPSA) is 88.4 Å². The predicted octanol–water partition coefficient (Wildman–Crippen LogP) is 7.31. The molecule has 7 rings (SSSR count). The van der Waals surface area contributed by atoms with Gasteiger partial charge in [-0.1, -0.05) is 11.6 Å². The maximum Gasteiger partial charge on any atom is 0.416 e. The Hall–Kier alpha value is -4.84. The number of benzene rings is 3. The number of carbonyl (C=O) groups is 2. The van der Waals surface area contributed by atoms with Crippen LogP contribution in [-0.2, 0) is 6.18 Å². The number of halogens is 6. The molecule has 1 fully saturated rings. The number of fused-ring (bicyclic) bond motifs is 2. The minimum Gasteiger partial charge on any atom is -0.341 e. The van der Waals surface area contributed by atoms with Crippen LogP contribution in [0.1, 0.15) is 68.0 Å². The van der Waals surface area contributed by atoms with Gasteiger partial charge in [0.15, 0.2) is 11.5 Å². The van der Waals surface area contributed by atoms with Crippen LogP contribution in [0, 0.1) is 11.6 Å². The molecule has 0 saturated heterocycles. The summed E-state index contributed by atoms with van der Waals surface area (Å²) >= 11 is 6.36. The summed E-state index contributed by atoms with van der Waals surface area (Å²) in [5, 5.41) is 9.93. The van der Waals surface area contributed by atoms with Crippen LogP contribution in [0.5, 0.6) is 0 Å². The molecule has 2 amide bonds. The Labute approximate surface area is 250 Å². The number of alkyl halides is 3. The van der Waals surface area contributed by atoms with Crippen molar-refractivity contribution in [3.8, 4) is 11.1 Å². The van der Waals surface area contributed by atoms with Crippen LogP contribution in [0.3, 0.4) is 0 Å². The first-order valence-corrected chi connectivity index (χ1v) is 13.8. The number of nitrogens with one attached hydrogen (secondary N) is 2. The smallest absolute Gasteiger partial charge is 0.341 e. The highest BCUT2D eigenvalue weighted by Gasteiger charge is 2.36. The number of rotatable bonds is 5. The molecule has 1 unspecified atom stereocenters. The molecule has 2 N–H and O–H groups in total. The third-order valence-corrected chi connectivity index (χ3v) is 7.97. The number of amides is 2. The van der Waals surface area contributed by atoms with Gasteiger partial charge in [0.2, 0.25) is 0 Å². The van der Waals surface area contributed by atoms with Crippen molar-refractivity contribution >= 4 is 34.7 Å². The first-order chi connectivity index (χ1) is 20.9. The van der Waals surface area contributed by atoms with E-state index in [0.717, 1.165) is 30.8 Å². The van der Waals surface area contributed by atoms with E-state index in [1.807, 2.05) is 0 Å². The van der Waals surface area contributed by atoms with E-state index in [2.05, 4.69) is 20.7 Å². The Balaban J connectivity index is 1.36. The second kappa shape index (κ2) is 10.1. The molecule has 13 heteroatoms. The fraction of sp³-hybridized carbons (Fsp3) is 0.161. The highest BCUT2D eigenvalue weighted by Crippen LogP contribution is 2.42. The van der Waals surface area contributed by atoms with E-state index >= 15 is 0 Å². The molecule has 0 spiro atoms. The molecule has 1 saturated carbocycles. The van der Waals surface area contributed by atoms with Gasteiger partial charge in [0.25, 0.3) is 11.8 Å². The van der Waals surface area contributed by atoms with Gasteiger partial charge in [-0.3, -0.25) is 9.59 Å². The van der Waals surface area contributed by atoms with Crippen LogP contribution in [0.25, 0.3) is 16.8 Å². The van der Waals surface area contributed by atoms with Gasteiger partial charge in [0.1, 0.15) is 11.6 Å². The van der Waals surface area contributed by atoms with Crippen molar-refractivity contribution in [3.05, 3.63) is 117 Å². The molecule has 0 bridgehead atoms. The van der Waals surface area contributed by atoms with Gasteiger partial charge in [-0.05, 0) is 84.6 Å². The number of aromatic nitrogens is 3. The Morgan fingerprint density at radius 3 is 2.52 bits per heavy atom. The van der Waals surface area contributed by atoms with Crippen LogP contribution in [0.15, 0.2) is 66.9 Å². The van der Waals surface area contributed by atoms with Gasteiger partial charge in [0, 0.05) is 45.1 Å². The van der Waals surface area contributed by atoms with Crippen molar-refractivity contribution in [1.82, 2.24) is 19.9 Å². The lowest BCUT2D eigenvalue weighted by atomic mass is 9.92. The third-order valence-electron chi connectivity index (χ3n) is 7.62. The van der Waals surface area contributed by atoms with E-state index in [-0.39, 0.29) is 33.5 Å². The van der Waals surface area contributed by atoms with Crippen molar-refractivity contribution in [1.29, 1.82) is 0 Å².